The molecule has 0 aliphatic heterocycles. The van der Waals surface area contributed by atoms with Crippen LogP contribution in [0.15, 0.2) is 17.7 Å². The lowest BCUT2D eigenvalue weighted by molar-refractivity contribution is -0.158. The summed E-state index contributed by atoms with van der Waals surface area (Å²) in [7, 11) is 3.82. The molecular weight excluding hydrogens is 388 g/mol. The van der Waals surface area contributed by atoms with Crippen molar-refractivity contribution >= 4 is 45.9 Å². The Morgan fingerprint density at radius 3 is 2.67 bits per heavy atom. The van der Waals surface area contributed by atoms with Crippen LogP contribution < -0.4 is 0 Å². The van der Waals surface area contributed by atoms with Gasteiger partial charge in [0, 0.05) is 30.7 Å². The number of amides is 1. The highest BCUT2D eigenvalue weighted by atomic mass is 35.5. The third kappa shape index (κ3) is 6.34. The molecule has 0 aliphatic rings. The van der Waals surface area contributed by atoms with Gasteiger partial charge in [-0.3, -0.25) is 14.0 Å². The third-order valence-electron chi connectivity index (χ3n) is 3.51. The predicted molar refractivity (Wildman–Crippen MR) is 108 cm³/mol. The smallest absolute Gasteiger partial charge is 0.326 e. The standard InChI is InChI=1S/C18H25ClN4O3S/c1-18(2,3)26-15(25)12-22(9-8-21(4)5)14(24)7-6-13-16(19)20-17-23(13)10-11-27-17/h6-7,10-11H,8-9,12H2,1-5H3/b7-6+. The number of fused-ring (bicyclic) bond motifs is 1. The Balaban J connectivity index is 2.13. The van der Waals surface area contributed by atoms with Crippen LogP contribution in [-0.4, -0.2) is 70.4 Å². The zero-order chi connectivity index (χ0) is 20.2. The molecule has 2 aromatic rings. The van der Waals surface area contributed by atoms with Crippen LogP contribution in [0, 0.1) is 0 Å². The monoisotopic (exact) mass is 412 g/mol. The fourth-order valence-corrected chi connectivity index (χ4v) is 3.30. The molecule has 0 unspecified atom stereocenters. The van der Waals surface area contributed by atoms with Crippen molar-refractivity contribution in [1.29, 1.82) is 0 Å². The molecule has 0 fully saturated rings. The molecule has 9 heteroatoms. The Hall–Kier alpha value is -1.90. The normalized spacial score (nSPS) is 12.3. The SMILES string of the molecule is CN(C)CCN(CC(=O)OC(C)(C)C)C(=O)/C=C/c1c(Cl)nc2sccn12. The first-order valence-corrected chi connectivity index (χ1v) is 9.77. The second-order valence-electron chi connectivity index (χ2n) is 7.33. The van der Waals surface area contributed by atoms with Crippen LogP contribution in [0.3, 0.4) is 0 Å². The summed E-state index contributed by atoms with van der Waals surface area (Å²) in [6.45, 7) is 6.32. The van der Waals surface area contributed by atoms with E-state index in [2.05, 4.69) is 4.98 Å². The van der Waals surface area contributed by atoms with Gasteiger partial charge < -0.3 is 14.5 Å². The molecule has 2 rings (SSSR count). The lowest BCUT2D eigenvalue weighted by atomic mass is 10.2. The molecule has 148 valence electrons. The number of ether oxygens (including phenoxy) is 1. The summed E-state index contributed by atoms with van der Waals surface area (Å²) < 4.78 is 7.15. The summed E-state index contributed by atoms with van der Waals surface area (Å²) in [5.74, 6) is -0.727. The summed E-state index contributed by atoms with van der Waals surface area (Å²) in [6, 6.07) is 0. The van der Waals surface area contributed by atoms with Crippen molar-refractivity contribution in [2.75, 3.05) is 33.7 Å². The first kappa shape index (κ1) is 21.4. The molecule has 1 amide bonds. The van der Waals surface area contributed by atoms with Gasteiger partial charge in [0.05, 0.1) is 5.69 Å². The average molecular weight is 413 g/mol. The van der Waals surface area contributed by atoms with Crippen molar-refractivity contribution in [2.45, 2.75) is 26.4 Å². The highest BCUT2D eigenvalue weighted by molar-refractivity contribution is 7.15. The van der Waals surface area contributed by atoms with E-state index in [-0.39, 0.29) is 12.5 Å². The average Bonchev–Trinajstić information content (AvgIpc) is 3.08. The van der Waals surface area contributed by atoms with Crippen molar-refractivity contribution in [3.05, 3.63) is 28.5 Å². The summed E-state index contributed by atoms with van der Waals surface area (Å²) in [5, 5.41) is 2.22. The minimum Gasteiger partial charge on any atom is -0.459 e. The Labute approximate surface area is 168 Å². The quantitative estimate of drug-likeness (QED) is 0.516. The Morgan fingerprint density at radius 1 is 1.33 bits per heavy atom. The Bertz CT molecular complexity index is 835. The van der Waals surface area contributed by atoms with E-state index in [9.17, 15) is 9.59 Å². The van der Waals surface area contributed by atoms with E-state index in [0.717, 1.165) is 4.96 Å². The molecule has 0 atom stereocenters. The molecule has 0 saturated heterocycles. The summed E-state index contributed by atoms with van der Waals surface area (Å²) >= 11 is 7.61. The summed E-state index contributed by atoms with van der Waals surface area (Å²) in [4.78, 5) is 33.2. The molecule has 0 bridgehead atoms. The van der Waals surface area contributed by atoms with Crippen molar-refractivity contribution < 1.29 is 14.3 Å². The van der Waals surface area contributed by atoms with Crippen molar-refractivity contribution in [3.63, 3.8) is 0 Å². The fourth-order valence-electron chi connectivity index (χ4n) is 2.30. The maximum atomic E-state index is 12.7. The van der Waals surface area contributed by atoms with Crippen LogP contribution in [0.25, 0.3) is 11.0 Å². The fraction of sp³-hybridized carbons (Fsp3) is 0.500. The maximum absolute atomic E-state index is 12.7. The van der Waals surface area contributed by atoms with Crippen LogP contribution in [0.4, 0.5) is 0 Å². The molecule has 0 aliphatic carbocycles. The number of halogens is 1. The maximum Gasteiger partial charge on any atom is 0.326 e. The molecule has 0 spiro atoms. The lowest BCUT2D eigenvalue weighted by Gasteiger charge is -2.25. The van der Waals surface area contributed by atoms with Gasteiger partial charge in [-0.05, 0) is 40.9 Å². The topological polar surface area (TPSA) is 67.2 Å². The van der Waals surface area contributed by atoms with Gasteiger partial charge in [-0.1, -0.05) is 11.6 Å². The van der Waals surface area contributed by atoms with Gasteiger partial charge in [-0.15, -0.1) is 11.3 Å². The van der Waals surface area contributed by atoms with E-state index >= 15 is 0 Å². The largest absolute Gasteiger partial charge is 0.459 e. The highest BCUT2D eigenvalue weighted by Crippen LogP contribution is 2.22. The van der Waals surface area contributed by atoms with Crippen LogP contribution in [-0.2, 0) is 14.3 Å². The van der Waals surface area contributed by atoms with E-state index in [4.69, 9.17) is 16.3 Å². The van der Waals surface area contributed by atoms with Crippen molar-refractivity contribution in [3.8, 4) is 0 Å². The summed E-state index contributed by atoms with van der Waals surface area (Å²) in [5.41, 5.74) is 0.0323. The molecule has 7 nitrogen and oxygen atoms in total. The van der Waals surface area contributed by atoms with Crippen LogP contribution >= 0.6 is 22.9 Å². The van der Waals surface area contributed by atoms with E-state index in [1.165, 1.54) is 22.3 Å². The van der Waals surface area contributed by atoms with Gasteiger partial charge in [0.1, 0.15) is 12.1 Å². The lowest BCUT2D eigenvalue weighted by Crippen LogP contribution is -2.41. The number of thiazole rings is 1. The van der Waals surface area contributed by atoms with Crippen LogP contribution in [0.1, 0.15) is 26.5 Å². The van der Waals surface area contributed by atoms with E-state index in [1.54, 1.807) is 26.8 Å². The van der Waals surface area contributed by atoms with E-state index in [0.29, 0.717) is 23.9 Å². The number of carbonyl (C=O) groups excluding carboxylic acids is 2. The summed E-state index contributed by atoms with van der Waals surface area (Å²) in [6.07, 6.45) is 4.87. The molecular formula is C18H25ClN4O3S. The minimum absolute atomic E-state index is 0.109. The Morgan fingerprint density at radius 2 is 2.04 bits per heavy atom. The van der Waals surface area contributed by atoms with Gasteiger partial charge >= 0.3 is 5.97 Å². The minimum atomic E-state index is -0.598. The van der Waals surface area contributed by atoms with Crippen LogP contribution in [0.5, 0.6) is 0 Å². The number of nitrogens with zero attached hydrogens (tertiary/aromatic N) is 4. The van der Waals surface area contributed by atoms with Gasteiger partial charge in [0.15, 0.2) is 10.1 Å². The number of hydrogen-bond donors (Lipinski definition) is 0. The molecule has 0 radical (unpaired) electrons. The third-order valence-corrected chi connectivity index (χ3v) is 4.54. The number of esters is 1. The molecule has 2 aromatic heterocycles. The van der Waals surface area contributed by atoms with E-state index in [1.807, 2.05) is 35.0 Å². The predicted octanol–water partition coefficient (Wildman–Crippen LogP) is 2.79. The number of hydrogen-bond acceptors (Lipinski definition) is 6. The van der Waals surface area contributed by atoms with Crippen molar-refractivity contribution in [1.82, 2.24) is 19.2 Å². The molecule has 0 aromatic carbocycles. The molecule has 0 saturated carbocycles. The molecule has 0 N–H and O–H groups in total. The van der Waals surface area contributed by atoms with E-state index < -0.39 is 11.6 Å². The van der Waals surface area contributed by atoms with Crippen molar-refractivity contribution in [2.24, 2.45) is 0 Å². The zero-order valence-corrected chi connectivity index (χ0v) is 17.8. The number of imidazole rings is 1. The number of carbonyl (C=O) groups is 2. The first-order valence-electron chi connectivity index (χ1n) is 8.51. The number of likely N-dealkylation sites (N-methyl/N-ethyl adjacent to an activating group) is 1. The van der Waals surface area contributed by atoms with Gasteiger partial charge in [0.25, 0.3) is 0 Å². The van der Waals surface area contributed by atoms with Crippen LogP contribution in [0.2, 0.25) is 5.15 Å². The second kappa shape index (κ2) is 8.86. The Kier molecular flexibility index (Phi) is 7.02. The van der Waals surface area contributed by atoms with Gasteiger partial charge in [0.2, 0.25) is 5.91 Å². The molecule has 27 heavy (non-hydrogen) atoms. The first-order chi connectivity index (χ1) is 12.6. The number of rotatable bonds is 7. The van der Waals surface area contributed by atoms with Gasteiger partial charge in [-0.2, -0.15) is 0 Å². The zero-order valence-electron chi connectivity index (χ0n) is 16.2. The number of aromatic nitrogens is 2. The highest BCUT2D eigenvalue weighted by Gasteiger charge is 2.21. The van der Waals surface area contributed by atoms with Gasteiger partial charge in [-0.25, -0.2) is 4.98 Å². The second-order valence-corrected chi connectivity index (χ2v) is 8.56. The molecule has 2 heterocycles.